The number of nitro benzene ring substituents is 1. The van der Waals surface area contributed by atoms with E-state index in [1.807, 2.05) is 62.5 Å². The lowest BCUT2D eigenvalue weighted by atomic mass is 10.1. The lowest BCUT2D eigenvalue weighted by molar-refractivity contribution is -0.384. The summed E-state index contributed by atoms with van der Waals surface area (Å²) in [5, 5.41) is 13.0. The fraction of sp³-hybridized carbons (Fsp3) is 0.308. The maximum absolute atomic E-state index is 13.6. The average Bonchev–Trinajstić information content (AvgIpc) is 3.22. The Morgan fingerprint density at radius 3 is 2.34 bits per heavy atom. The third kappa shape index (κ3) is 7.13. The highest BCUT2D eigenvalue weighted by atomic mass is 35.5. The van der Waals surface area contributed by atoms with Crippen LogP contribution in [0.4, 0.5) is 5.69 Å². The van der Waals surface area contributed by atoms with E-state index in [-0.39, 0.29) is 34.6 Å². The predicted molar refractivity (Wildman–Crippen MR) is 139 cm³/mol. The summed E-state index contributed by atoms with van der Waals surface area (Å²) in [6, 6.07) is 15.5. The Bertz CT molecular complexity index is 1200. The number of non-ortho nitro benzene ring substituents is 1. The molecule has 3 rings (SSSR count). The van der Waals surface area contributed by atoms with Crippen LogP contribution in [0.25, 0.3) is 0 Å². The van der Waals surface area contributed by atoms with Gasteiger partial charge in [0.15, 0.2) is 0 Å². The molecule has 0 aliphatic rings. The Kier molecular flexibility index (Phi) is 9.01. The van der Waals surface area contributed by atoms with Gasteiger partial charge in [0, 0.05) is 30.1 Å². The first-order valence-electron chi connectivity index (χ1n) is 11.2. The minimum Gasteiger partial charge on any atom is -0.332 e. The number of thiophene rings is 1. The van der Waals surface area contributed by atoms with Crippen molar-refractivity contribution in [1.29, 1.82) is 0 Å². The summed E-state index contributed by atoms with van der Waals surface area (Å²) in [7, 11) is 0. The zero-order valence-corrected chi connectivity index (χ0v) is 21.5. The monoisotopic (exact) mass is 513 g/mol. The summed E-state index contributed by atoms with van der Waals surface area (Å²) in [5.74, 6) is -0.515. The fourth-order valence-electron chi connectivity index (χ4n) is 3.66. The molecule has 0 unspecified atom stereocenters. The molecule has 0 radical (unpaired) electrons. The van der Waals surface area contributed by atoms with Crippen molar-refractivity contribution in [2.75, 3.05) is 13.1 Å². The summed E-state index contributed by atoms with van der Waals surface area (Å²) >= 11 is 7.82. The molecular weight excluding hydrogens is 486 g/mol. The maximum atomic E-state index is 13.6. The van der Waals surface area contributed by atoms with E-state index in [4.69, 9.17) is 11.6 Å². The molecule has 7 nitrogen and oxygen atoms in total. The zero-order valence-electron chi connectivity index (χ0n) is 19.9. The van der Waals surface area contributed by atoms with Crippen LogP contribution >= 0.6 is 22.9 Å². The second-order valence-corrected chi connectivity index (χ2v) is 10.2. The average molecular weight is 514 g/mol. The normalized spacial score (nSPS) is 10.9. The lowest BCUT2D eigenvalue weighted by Gasteiger charge is -2.29. The highest BCUT2D eigenvalue weighted by Crippen LogP contribution is 2.25. The Labute approximate surface area is 214 Å². The van der Waals surface area contributed by atoms with Gasteiger partial charge in [0.1, 0.15) is 6.54 Å². The van der Waals surface area contributed by atoms with Crippen LogP contribution in [0.3, 0.4) is 0 Å². The molecule has 0 saturated carbocycles. The number of benzene rings is 2. The lowest BCUT2D eigenvalue weighted by Crippen LogP contribution is -2.44. The van der Waals surface area contributed by atoms with Gasteiger partial charge in [-0.25, -0.2) is 0 Å². The number of halogens is 1. The van der Waals surface area contributed by atoms with Gasteiger partial charge in [0.05, 0.1) is 22.1 Å². The van der Waals surface area contributed by atoms with Gasteiger partial charge in [0.2, 0.25) is 5.91 Å². The number of rotatable bonds is 10. The number of carbonyl (C=O) groups excluding carboxylic acids is 2. The highest BCUT2D eigenvalue weighted by Gasteiger charge is 2.26. The van der Waals surface area contributed by atoms with Gasteiger partial charge in [-0.05, 0) is 41.5 Å². The van der Waals surface area contributed by atoms with E-state index in [0.717, 1.165) is 22.1 Å². The van der Waals surface area contributed by atoms with Crippen molar-refractivity contribution in [1.82, 2.24) is 9.80 Å². The Hall–Kier alpha value is -3.23. The number of carbonyl (C=O) groups is 2. The van der Waals surface area contributed by atoms with Crippen LogP contribution in [0.2, 0.25) is 5.02 Å². The second kappa shape index (κ2) is 12.0. The van der Waals surface area contributed by atoms with Crippen molar-refractivity contribution >= 4 is 40.4 Å². The molecule has 0 saturated heterocycles. The van der Waals surface area contributed by atoms with Crippen molar-refractivity contribution in [2.45, 2.75) is 33.9 Å². The molecule has 35 heavy (non-hydrogen) atoms. The van der Waals surface area contributed by atoms with Crippen LogP contribution in [-0.2, 0) is 17.9 Å². The second-order valence-electron chi connectivity index (χ2n) is 8.76. The molecule has 0 aliphatic carbocycles. The van der Waals surface area contributed by atoms with E-state index in [1.165, 1.54) is 17.0 Å². The van der Waals surface area contributed by atoms with Crippen LogP contribution in [0.15, 0.2) is 60.0 Å². The van der Waals surface area contributed by atoms with Crippen LogP contribution in [-0.4, -0.2) is 39.6 Å². The van der Waals surface area contributed by atoms with E-state index >= 15 is 0 Å². The van der Waals surface area contributed by atoms with Gasteiger partial charge >= 0.3 is 0 Å². The molecule has 0 bridgehead atoms. The molecule has 9 heteroatoms. The number of hydrogen-bond donors (Lipinski definition) is 0. The molecule has 184 valence electrons. The summed E-state index contributed by atoms with van der Waals surface area (Å²) in [6.07, 6.45) is 0. The molecule has 0 spiro atoms. The van der Waals surface area contributed by atoms with Gasteiger partial charge in [0.25, 0.3) is 11.6 Å². The fourth-order valence-corrected chi connectivity index (χ4v) is 4.84. The van der Waals surface area contributed by atoms with Crippen molar-refractivity contribution in [3.05, 3.63) is 96.7 Å². The predicted octanol–water partition coefficient (Wildman–Crippen LogP) is 5.95. The maximum Gasteiger partial charge on any atom is 0.270 e. The molecule has 1 heterocycles. The number of amides is 2. The van der Waals surface area contributed by atoms with Crippen molar-refractivity contribution in [3.63, 3.8) is 0 Å². The van der Waals surface area contributed by atoms with E-state index in [0.29, 0.717) is 19.6 Å². The molecule has 0 atom stereocenters. The standard InChI is InChI=1S/C26H28ClN3O4S/c1-18(2)14-29(26(32)22-10-9-21(30(33)34)13-23(22)27)17-25(31)28(15-20-7-5-4-6-8-20)16-24-19(3)11-12-35-24/h4-13,18H,14-17H2,1-3H3. The third-order valence-electron chi connectivity index (χ3n) is 5.46. The smallest absolute Gasteiger partial charge is 0.270 e. The SMILES string of the molecule is Cc1ccsc1CN(Cc1ccccc1)C(=O)CN(CC(C)C)C(=O)c1ccc([N+](=O)[O-])cc1Cl. The Morgan fingerprint density at radius 2 is 1.77 bits per heavy atom. The minimum atomic E-state index is -0.566. The molecule has 2 amide bonds. The third-order valence-corrected chi connectivity index (χ3v) is 6.78. The van der Waals surface area contributed by atoms with Crippen molar-refractivity contribution in [2.24, 2.45) is 5.92 Å². The van der Waals surface area contributed by atoms with Crippen LogP contribution in [0.5, 0.6) is 0 Å². The van der Waals surface area contributed by atoms with Gasteiger partial charge < -0.3 is 9.80 Å². The van der Waals surface area contributed by atoms with E-state index in [2.05, 4.69) is 0 Å². The molecule has 2 aromatic carbocycles. The molecule has 0 fully saturated rings. The summed E-state index contributed by atoms with van der Waals surface area (Å²) in [6.45, 7) is 7.01. The van der Waals surface area contributed by atoms with E-state index in [1.54, 1.807) is 16.2 Å². The van der Waals surface area contributed by atoms with Crippen LogP contribution < -0.4 is 0 Å². The number of aryl methyl sites for hydroxylation is 1. The molecule has 3 aromatic rings. The largest absolute Gasteiger partial charge is 0.332 e. The molecule has 1 aromatic heterocycles. The number of nitro groups is 1. The van der Waals surface area contributed by atoms with E-state index < -0.39 is 10.8 Å². The van der Waals surface area contributed by atoms with Crippen molar-refractivity contribution < 1.29 is 14.5 Å². The highest BCUT2D eigenvalue weighted by molar-refractivity contribution is 7.10. The Balaban J connectivity index is 1.86. The summed E-state index contributed by atoms with van der Waals surface area (Å²) in [5.41, 5.74) is 2.05. The molecule has 0 aliphatic heterocycles. The number of hydrogen-bond acceptors (Lipinski definition) is 5. The van der Waals surface area contributed by atoms with Gasteiger partial charge in [-0.3, -0.25) is 19.7 Å². The first-order valence-corrected chi connectivity index (χ1v) is 12.5. The summed E-state index contributed by atoms with van der Waals surface area (Å²) < 4.78 is 0. The quantitative estimate of drug-likeness (QED) is 0.248. The molecule has 0 N–H and O–H groups in total. The van der Waals surface area contributed by atoms with Gasteiger partial charge in [-0.15, -0.1) is 11.3 Å². The zero-order chi connectivity index (χ0) is 25.5. The number of nitrogens with zero attached hydrogens (tertiary/aromatic N) is 3. The van der Waals surface area contributed by atoms with Gasteiger partial charge in [-0.2, -0.15) is 0 Å². The molecular formula is C26H28ClN3O4S. The first kappa shape index (κ1) is 26.4. The van der Waals surface area contributed by atoms with Crippen molar-refractivity contribution in [3.8, 4) is 0 Å². The van der Waals surface area contributed by atoms with E-state index in [9.17, 15) is 19.7 Å². The van der Waals surface area contributed by atoms with Crippen LogP contribution in [0, 0.1) is 23.0 Å². The Morgan fingerprint density at radius 1 is 1.06 bits per heavy atom. The van der Waals surface area contributed by atoms with Gasteiger partial charge in [-0.1, -0.05) is 55.8 Å². The van der Waals surface area contributed by atoms with Crippen LogP contribution in [0.1, 0.15) is 40.2 Å². The minimum absolute atomic E-state index is 0.0132. The topological polar surface area (TPSA) is 83.8 Å². The first-order chi connectivity index (χ1) is 16.7. The summed E-state index contributed by atoms with van der Waals surface area (Å²) in [4.78, 5) is 41.7.